The highest BCUT2D eigenvalue weighted by Crippen LogP contribution is 2.49. The molecule has 4 rings (SSSR count). The van der Waals surface area contributed by atoms with Gasteiger partial charge >= 0.3 is 0 Å². The van der Waals surface area contributed by atoms with Gasteiger partial charge in [-0.1, -0.05) is 24.6 Å². The Balaban J connectivity index is 1.67. The SMILES string of the molecule is Cn1cc(C(=O)N(Cc2cc(Cl)ccc2C2(C)CC2)C2CC2)c(C(F)F)n1. The van der Waals surface area contributed by atoms with E-state index in [4.69, 9.17) is 11.6 Å². The molecule has 7 heteroatoms. The quantitative estimate of drug-likeness (QED) is 0.702. The minimum Gasteiger partial charge on any atom is -0.331 e. The summed E-state index contributed by atoms with van der Waals surface area (Å²) in [6.07, 6.45) is 2.61. The van der Waals surface area contributed by atoms with E-state index in [0.29, 0.717) is 11.6 Å². The molecule has 0 spiro atoms. The zero-order valence-electron chi connectivity index (χ0n) is 15.4. The number of hydrogen-bond donors (Lipinski definition) is 0. The predicted molar refractivity (Wildman–Crippen MR) is 99.1 cm³/mol. The molecule has 4 nitrogen and oxygen atoms in total. The Morgan fingerprint density at radius 3 is 2.70 bits per heavy atom. The summed E-state index contributed by atoms with van der Waals surface area (Å²) in [6, 6.07) is 5.90. The van der Waals surface area contributed by atoms with Crippen LogP contribution in [0.25, 0.3) is 0 Å². The summed E-state index contributed by atoms with van der Waals surface area (Å²) >= 11 is 6.22. The summed E-state index contributed by atoms with van der Waals surface area (Å²) in [5.74, 6) is -0.382. The van der Waals surface area contributed by atoms with Gasteiger partial charge in [0.25, 0.3) is 12.3 Å². The minimum absolute atomic E-state index is 0.0133. The molecule has 2 aliphatic carbocycles. The fourth-order valence-corrected chi connectivity index (χ4v) is 3.86. The van der Waals surface area contributed by atoms with E-state index < -0.39 is 12.1 Å². The second kappa shape index (κ2) is 6.59. The first kappa shape index (κ1) is 18.4. The van der Waals surface area contributed by atoms with Crippen LogP contribution in [0.1, 0.15) is 66.2 Å². The first-order valence-corrected chi connectivity index (χ1v) is 9.58. The Morgan fingerprint density at radius 2 is 2.11 bits per heavy atom. The molecular weight excluding hydrogens is 372 g/mol. The lowest BCUT2D eigenvalue weighted by molar-refractivity contribution is 0.0717. The molecule has 0 aliphatic heterocycles. The molecule has 27 heavy (non-hydrogen) atoms. The van der Waals surface area contributed by atoms with E-state index in [9.17, 15) is 13.6 Å². The zero-order chi connectivity index (χ0) is 19.3. The maximum Gasteiger partial charge on any atom is 0.282 e. The van der Waals surface area contributed by atoms with Crippen molar-refractivity contribution in [3.8, 4) is 0 Å². The molecule has 2 aliphatic rings. The maximum atomic E-state index is 13.3. The average molecular weight is 394 g/mol. The molecule has 0 unspecified atom stereocenters. The third-order valence-corrected chi connectivity index (χ3v) is 5.84. The van der Waals surface area contributed by atoms with E-state index in [-0.39, 0.29) is 22.9 Å². The molecule has 144 valence electrons. The Hall–Kier alpha value is -1.95. The zero-order valence-corrected chi connectivity index (χ0v) is 16.1. The largest absolute Gasteiger partial charge is 0.331 e. The van der Waals surface area contributed by atoms with Crippen LogP contribution in [0.15, 0.2) is 24.4 Å². The number of carbonyl (C=O) groups is 1. The van der Waals surface area contributed by atoms with Crippen molar-refractivity contribution in [1.82, 2.24) is 14.7 Å². The normalized spacial score (nSPS) is 18.0. The third kappa shape index (κ3) is 3.59. The van der Waals surface area contributed by atoms with Crippen molar-refractivity contribution in [2.45, 2.75) is 57.0 Å². The summed E-state index contributed by atoms with van der Waals surface area (Å²) in [5.41, 5.74) is 1.87. The molecule has 1 amide bonds. The minimum atomic E-state index is -2.78. The fraction of sp³-hybridized carbons (Fsp3) is 0.500. The van der Waals surface area contributed by atoms with E-state index in [1.165, 1.54) is 16.4 Å². The lowest BCUT2D eigenvalue weighted by atomic mass is 9.92. The lowest BCUT2D eigenvalue weighted by Gasteiger charge is -2.25. The number of hydrogen-bond acceptors (Lipinski definition) is 2. The third-order valence-electron chi connectivity index (χ3n) is 5.60. The van der Waals surface area contributed by atoms with Crippen LogP contribution in [-0.2, 0) is 19.0 Å². The highest BCUT2D eigenvalue weighted by atomic mass is 35.5. The smallest absolute Gasteiger partial charge is 0.282 e. The maximum absolute atomic E-state index is 13.3. The predicted octanol–water partition coefficient (Wildman–Crippen LogP) is 4.87. The van der Waals surface area contributed by atoms with Gasteiger partial charge in [0.05, 0.1) is 5.56 Å². The van der Waals surface area contributed by atoms with Crippen molar-refractivity contribution in [3.63, 3.8) is 0 Å². The second-order valence-corrected chi connectivity index (χ2v) is 8.37. The molecule has 0 N–H and O–H groups in total. The van der Waals surface area contributed by atoms with Crippen molar-refractivity contribution in [2.24, 2.45) is 7.05 Å². The van der Waals surface area contributed by atoms with Gasteiger partial charge in [-0.05, 0) is 54.4 Å². The van der Waals surface area contributed by atoms with Crippen LogP contribution >= 0.6 is 11.6 Å². The number of amides is 1. The van der Waals surface area contributed by atoms with Crippen molar-refractivity contribution in [2.75, 3.05) is 0 Å². The molecule has 0 atom stereocenters. The first-order valence-electron chi connectivity index (χ1n) is 9.20. The van der Waals surface area contributed by atoms with E-state index in [1.54, 1.807) is 11.9 Å². The molecule has 0 radical (unpaired) electrons. The Labute approximate surface area is 162 Å². The van der Waals surface area contributed by atoms with Gasteiger partial charge in [0.2, 0.25) is 0 Å². The van der Waals surface area contributed by atoms with Crippen LogP contribution in [0.2, 0.25) is 5.02 Å². The van der Waals surface area contributed by atoms with E-state index >= 15 is 0 Å². The van der Waals surface area contributed by atoms with Gasteiger partial charge in [-0.2, -0.15) is 5.10 Å². The Bertz CT molecular complexity index is 887. The van der Waals surface area contributed by atoms with Crippen LogP contribution in [0.5, 0.6) is 0 Å². The molecule has 2 aromatic rings. The molecule has 1 heterocycles. The van der Waals surface area contributed by atoms with Crippen LogP contribution in [0.4, 0.5) is 8.78 Å². The first-order chi connectivity index (χ1) is 12.8. The highest BCUT2D eigenvalue weighted by molar-refractivity contribution is 6.30. The summed E-state index contributed by atoms with van der Waals surface area (Å²) in [5, 5.41) is 4.40. The summed E-state index contributed by atoms with van der Waals surface area (Å²) in [4.78, 5) is 14.8. The number of benzene rings is 1. The summed E-state index contributed by atoms with van der Waals surface area (Å²) in [7, 11) is 1.55. The molecule has 1 aromatic carbocycles. The Kier molecular flexibility index (Phi) is 4.49. The molecular formula is C20H22ClF2N3O. The monoisotopic (exact) mass is 393 g/mol. The van der Waals surface area contributed by atoms with Gasteiger partial charge in [-0.25, -0.2) is 8.78 Å². The van der Waals surface area contributed by atoms with Crippen molar-refractivity contribution < 1.29 is 13.6 Å². The van der Waals surface area contributed by atoms with Crippen molar-refractivity contribution in [3.05, 3.63) is 51.8 Å². The van der Waals surface area contributed by atoms with Crippen LogP contribution in [-0.4, -0.2) is 26.6 Å². The van der Waals surface area contributed by atoms with Crippen molar-refractivity contribution >= 4 is 17.5 Å². The number of aromatic nitrogens is 2. The number of carbonyl (C=O) groups excluding carboxylic acids is 1. The molecule has 2 fully saturated rings. The number of rotatable bonds is 6. The molecule has 0 bridgehead atoms. The number of aryl methyl sites for hydroxylation is 1. The van der Waals surface area contributed by atoms with Crippen LogP contribution in [0.3, 0.4) is 0 Å². The van der Waals surface area contributed by atoms with Gasteiger partial charge in [-0.3, -0.25) is 9.48 Å². The fourth-order valence-electron chi connectivity index (χ4n) is 3.66. The number of halogens is 3. The lowest BCUT2D eigenvalue weighted by Crippen LogP contribution is -2.33. The van der Waals surface area contributed by atoms with E-state index in [2.05, 4.69) is 12.0 Å². The van der Waals surface area contributed by atoms with Gasteiger partial charge < -0.3 is 4.90 Å². The number of alkyl halides is 2. The van der Waals surface area contributed by atoms with Crippen molar-refractivity contribution in [1.29, 1.82) is 0 Å². The van der Waals surface area contributed by atoms with Crippen LogP contribution < -0.4 is 0 Å². The van der Waals surface area contributed by atoms with E-state index in [0.717, 1.165) is 31.2 Å². The second-order valence-electron chi connectivity index (χ2n) is 7.93. The highest BCUT2D eigenvalue weighted by Gasteiger charge is 2.42. The van der Waals surface area contributed by atoms with Gasteiger partial charge in [0, 0.05) is 30.9 Å². The summed E-state index contributed by atoms with van der Waals surface area (Å²) in [6.45, 7) is 2.59. The number of nitrogens with zero attached hydrogens (tertiary/aromatic N) is 3. The topological polar surface area (TPSA) is 38.1 Å². The van der Waals surface area contributed by atoms with Gasteiger partial charge in [0.1, 0.15) is 5.69 Å². The van der Waals surface area contributed by atoms with Crippen LogP contribution in [0, 0.1) is 0 Å². The molecule has 0 saturated heterocycles. The molecule has 1 aromatic heterocycles. The summed E-state index contributed by atoms with van der Waals surface area (Å²) < 4.78 is 27.9. The van der Waals surface area contributed by atoms with Gasteiger partial charge in [0.15, 0.2) is 0 Å². The molecule has 2 saturated carbocycles. The van der Waals surface area contributed by atoms with E-state index in [1.807, 2.05) is 18.2 Å². The average Bonchev–Trinajstić information content (AvgIpc) is 3.53. The Morgan fingerprint density at radius 1 is 1.41 bits per heavy atom. The van der Waals surface area contributed by atoms with Gasteiger partial charge in [-0.15, -0.1) is 0 Å². The standard InChI is InChI=1S/C20H22ClF2N3O/c1-20(7-8-20)16-6-3-13(21)9-12(16)10-26(14-4-5-14)19(27)15-11-25(2)24-17(15)18(22)23/h3,6,9,11,14,18H,4-5,7-8,10H2,1-2H3.